The van der Waals surface area contributed by atoms with Gasteiger partial charge in [0, 0.05) is 25.4 Å². The molecule has 1 aliphatic heterocycles. The lowest BCUT2D eigenvalue weighted by atomic mass is 10.1. The van der Waals surface area contributed by atoms with Crippen molar-refractivity contribution >= 4 is 11.7 Å². The van der Waals surface area contributed by atoms with E-state index in [2.05, 4.69) is 56.5 Å². The van der Waals surface area contributed by atoms with Gasteiger partial charge in [-0.1, -0.05) is 35.0 Å². The first-order valence-corrected chi connectivity index (χ1v) is 10.0. The molecule has 0 unspecified atom stereocenters. The zero-order valence-corrected chi connectivity index (χ0v) is 17.2. The Balaban J connectivity index is 1.44. The number of rotatable bonds is 7. The van der Waals surface area contributed by atoms with Crippen LogP contribution in [0.15, 0.2) is 47.1 Å². The third-order valence-corrected chi connectivity index (χ3v) is 5.16. The van der Waals surface area contributed by atoms with Gasteiger partial charge >= 0.3 is 0 Å². The van der Waals surface area contributed by atoms with Crippen LogP contribution in [0, 0.1) is 6.92 Å². The van der Waals surface area contributed by atoms with Crippen LogP contribution in [0.5, 0.6) is 0 Å². The fourth-order valence-electron chi connectivity index (χ4n) is 3.62. The molecule has 1 aromatic carbocycles. The number of likely N-dealkylation sites (tertiary alicyclic amines) is 1. The number of pyridine rings is 1. The Bertz CT molecular complexity index is 985. The van der Waals surface area contributed by atoms with Crippen LogP contribution in [0.25, 0.3) is 11.4 Å². The van der Waals surface area contributed by atoms with E-state index < -0.39 is 0 Å². The molecule has 0 bridgehead atoms. The summed E-state index contributed by atoms with van der Waals surface area (Å²) in [5.74, 6) is 1.32. The predicted octanol–water partition coefficient (Wildman–Crippen LogP) is 3.36. The number of aryl methyl sites for hydroxylation is 1. The molecule has 156 valence electrons. The minimum atomic E-state index is -0.255. The van der Waals surface area contributed by atoms with Crippen LogP contribution in [-0.2, 0) is 16.1 Å². The fourth-order valence-corrected chi connectivity index (χ4v) is 3.62. The van der Waals surface area contributed by atoms with Crippen molar-refractivity contribution in [1.82, 2.24) is 20.0 Å². The molecule has 1 aliphatic rings. The molecule has 0 aliphatic carbocycles. The quantitative estimate of drug-likeness (QED) is 0.642. The van der Waals surface area contributed by atoms with Crippen molar-refractivity contribution in [3.8, 4) is 11.4 Å². The van der Waals surface area contributed by atoms with Gasteiger partial charge in [-0.3, -0.25) is 9.69 Å². The molecule has 1 fully saturated rings. The van der Waals surface area contributed by atoms with Gasteiger partial charge in [0.25, 0.3) is 5.91 Å². The molecule has 0 radical (unpaired) electrons. The molecular weight excluding hydrogens is 382 g/mol. The number of methoxy groups -OCH3 is 1. The lowest BCUT2D eigenvalue weighted by molar-refractivity contribution is -0.119. The Morgan fingerprint density at radius 1 is 1.27 bits per heavy atom. The number of benzene rings is 1. The van der Waals surface area contributed by atoms with Gasteiger partial charge in [-0.15, -0.1) is 0 Å². The van der Waals surface area contributed by atoms with Gasteiger partial charge in [0.05, 0.1) is 6.04 Å². The average molecular weight is 407 g/mol. The Morgan fingerprint density at radius 3 is 2.83 bits per heavy atom. The van der Waals surface area contributed by atoms with Crippen molar-refractivity contribution in [1.29, 1.82) is 0 Å². The van der Waals surface area contributed by atoms with Gasteiger partial charge in [-0.2, -0.15) is 4.98 Å². The van der Waals surface area contributed by atoms with Crippen molar-refractivity contribution in [2.75, 3.05) is 25.6 Å². The highest BCUT2D eigenvalue weighted by Gasteiger charge is 2.30. The number of hydrogen-bond donors (Lipinski definition) is 1. The molecule has 1 saturated heterocycles. The van der Waals surface area contributed by atoms with Crippen molar-refractivity contribution in [3.63, 3.8) is 0 Å². The third-order valence-electron chi connectivity index (χ3n) is 5.16. The lowest BCUT2D eigenvalue weighted by Gasteiger charge is -2.21. The number of carbonyl (C=O) groups is 1. The number of amides is 1. The molecule has 0 spiro atoms. The van der Waals surface area contributed by atoms with Crippen LogP contribution >= 0.6 is 0 Å². The normalized spacial score (nSPS) is 16.7. The zero-order chi connectivity index (χ0) is 20.9. The van der Waals surface area contributed by atoms with Crippen LogP contribution in [-0.4, -0.2) is 46.2 Å². The first kappa shape index (κ1) is 20.2. The highest BCUT2D eigenvalue weighted by Crippen LogP contribution is 2.33. The second kappa shape index (κ2) is 9.15. The fraction of sp³-hybridized carbons (Fsp3) is 0.364. The molecule has 3 heterocycles. The smallest absolute Gasteiger partial charge is 0.251 e. The SMILES string of the molecule is COCC(=O)Nc1ccc(-c2noc([C@@H]3CCCN3Cc3ccc(C)cc3)n2)cn1. The molecule has 30 heavy (non-hydrogen) atoms. The largest absolute Gasteiger partial charge is 0.375 e. The number of anilines is 1. The summed E-state index contributed by atoms with van der Waals surface area (Å²) < 4.78 is 10.4. The van der Waals surface area contributed by atoms with Gasteiger partial charge in [0.2, 0.25) is 11.7 Å². The van der Waals surface area contributed by atoms with E-state index in [1.165, 1.54) is 18.2 Å². The van der Waals surface area contributed by atoms with E-state index in [4.69, 9.17) is 9.26 Å². The summed E-state index contributed by atoms with van der Waals surface area (Å²) in [5, 5.41) is 6.80. The van der Waals surface area contributed by atoms with E-state index in [0.29, 0.717) is 17.5 Å². The third kappa shape index (κ3) is 4.72. The zero-order valence-electron chi connectivity index (χ0n) is 17.2. The molecule has 8 heteroatoms. The molecule has 1 N–H and O–H groups in total. The lowest BCUT2D eigenvalue weighted by Crippen LogP contribution is -2.23. The molecule has 3 aromatic rings. The molecule has 1 atom stereocenters. The first-order valence-electron chi connectivity index (χ1n) is 10.0. The molecule has 4 rings (SSSR count). The number of ether oxygens (including phenoxy) is 1. The summed E-state index contributed by atoms with van der Waals surface area (Å²) in [4.78, 5) is 22.8. The summed E-state index contributed by atoms with van der Waals surface area (Å²) in [6, 6.07) is 12.2. The van der Waals surface area contributed by atoms with E-state index in [9.17, 15) is 4.79 Å². The van der Waals surface area contributed by atoms with E-state index in [0.717, 1.165) is 31.5 Å². The summed E-state index contributed by atoms with van der Waals surface area (Å²) in [7, 11) is 1.47. The molecule has 8 nitrogen and oxygen atoms in total. The van der Waals surface area contributed by atoms with E-state index in [1.54, 1.807) is 12.3 Å². The molecule has 0 saturated carbocycles. The predicted molar refractivity (Wildman–Crippen MR) is 112 cm³/mol. The standard InChI is InChI=1S/C22H25N5O3/c1-15-5-7-16(8-6-15)13-27-11-3-4-18(27)22-25-21(26-30-22)17-9-10-19(23-12-17)24-20(28)14-29-2/h5-10,12,18H,3-4,11,13-14H2,1-2H3,(H,23,24,28)/t18-/m0/s1. The second-order valence-electron chi connectivity index (χ2n) is 7.48. The van der Waals surface area contributed by atoms with E-state index >= 15 is 0 Å². The number of hydrogen-bond acceptors (Lipinski definition) is 7. The summed E-state index contributed by atoms with van der Waals surface area (Å²) in [6.07, 6.45) is 3.72. The van der Waals surface area contributed by atoms with Gasteiger partial charge < -0.3 is 14.6 Å². The van der Waals surface area contributed by atoms with E-state index in [1.807, 2.05) is 6.07 Å². The van der Waals surface area contributed by atoms with Crippen LogP contribution in [0.4, 0.5) is 5.82 Å². The highest BCUT2D eigenvalue weighted by molar-refractivity contribution is 5.90. The highest BCUT2D eigenvalue weighted by atomic mass is 16.5. The summed E-state index contributed by atoms with van der Waals surface area (Å²) >= 11 is 0. The molecular formula is C22H25N5O3. The van der Waals surface area contributed by atoms with Crippen LogP contribution in [0.3, 0.4) is 0 Å². The Kier molecular flexibility index (Phi) is 6.15. The van der Waals surface area contributed by atoms with Gasteiger partial charge in [-0.25, -0.2) is 4.98 Å². The maximum absolute atomic E-state index is 11.6. The van der Waals surface area contributed by atoms with Crippen LogP contribution in [0.2, 0.25) is 0 Å². The van der Waals surface area contributed by atoms with Gasteiger partial charge in [0.1, 0.15) is 12.4 Å². The van der Waals surface area contributed by atoms with Crippen LogP contribution in [0.1, 0.15) is 35.9 Å². The topological polar surface area (TPSA) is 93.4 Å². The summed E-state index contributed by atoms with van der Waals surface area (Å²) in [6.45, 7) is 3.95. The Morgan fingerprint density at radius 2 is 2.10 bits per heavy atom. The summed E-state index contributed by atoms with van der Waals surface area (Å²) in [5.41, 5.74) is 3.27. The number of aromatic nitrogens is 3. The molecule has 2 aromatic heterocycles. The van der Waals surface area contributed by atoms with Crippen molar-refractivity contribution in [2.45, 2.75) is 32.4 Å². The average Bonchev–Trinajstić information content (AvgIpc) is 3.40. The van der Waals surface area contributed by atoms with Crippen molar-refractivity contribution in [2.24, 2.45) is 0 Å². The Hall–Kier alpha value is -3.10. The van der Waals surface area contributed by atoms with E-state index in [-0.39, 0.29) is 18.6 Å². The van der Waals surface area contributed by atoms with Crippen LogP contribution < -0.4 is 5.32 Å². The number of carbonyl (C=O) groups excluding carboxylic acids is 1. The maximum Gasteiger partial charge on any atom is 0.251 e. The first-order chi connectivity index (χ1) is 14.6. The minimum absolute atomic E-state index is 0.0158. The maximum atomic E-state index is 11.6. The second-order valence-corrected chi connectivity index (χ2v) is 7.48. The number of nitrogens with zero attached hydrogens (tertiary/aromatic N) is 4. The van der Waals surface area contributed by atoms with Crippen molar-refractivity contribution < 1.29 is 14.1 Å². The van der Waals surface area contributed by atoms with Gasteiger partial charge in [0.15, 0.2) is 0 Å². The monoisotopic (exact) mass is 407 g/mol. The van der Waals surface area contributed by atoms with Gasteiger partial charge in [-0.05, 0) is 44.0 Å². The minimum Gasteiger partial charge on any atom is -0.375 e. The Labute approximate surface area is 175 Å². The number of nitrogens with one attached hydrogen (secondary N) is 1. The van der Waals surface area contributed by atoms with Crippen molar-refractivity contribution in [3.05, 3.63) is 59.6 Å². The molecule has 1 amide bonds.